The van der Waals surface area contributed by atoms with Crippen LogP contribution in [0.1, 0.15) is 46.5 Å². The lowest BCUT2D eigenvalue weighted by molar-refractivity contribution is -0.122. The van der Waals surface area contributed by atoms with E-state index in [1.165, 1.54) is 17.8 Å². The Morgan fingerprint density at radius 2 is 2.18 bits per heavy atom. The Balaban J connectivity index is 1.48. The fourth-order valence-corrected chi connectivity index (χ4v) is 5.25. The first-order valence-electron chi connectivity index (χ1n) is 11.8. The molecule has 1 aromatic carbocycles. The molecular weight excluding hydrogens is 443 g/mol. The third-order valence-corrected chi connectivity index (χ3v) is 6.86. The second-order valence-electron chi connectivity index (χ2n) is 8.96. The molecule has 0 spiro atoms. The minimum Gasteiger partial charge on any atom is -0.374 e. The fourth-order valence-electron chi connectivity index (χ4n) is 5.03. The predicted octanol–water partition coefficient (Wildman–Crippen LogP) is 2.83. The van der Waals surface area contributed by atoms with Crippen molar-refractivity contribution in [3.05, 3.63) is 45.9 Å². The van der Waals surface area contributed by atoms with Crippen LogP contribution in [0.2, 0.25) is 5.02 Å². The summed E-state index contributed by atoms with van der Waals surface area (Å²) in [4.78, 5) is 20.3. The smallest absolute Gasteiger partial charge is 0.242 e. The largest absolute Gasteiger partial charge is 0.374 e. The summed E-state index contributed by atoms with van der Waals surface area (Å²) in [7, 11) is 0. The standard InChI is InChI=1S/C24H32ClFN6O/c1-4-19-14(3)28-23-20(12-27-31-23)22(19)32-8-6-7-17(13-32)30-24(33)21(5-2)29-18-10-15(25)9-16(26)11-18/h9-12,14,17,19,21,29H,4-8,13H2,1-3H3,(H,28,31)(H,30,33). The molecule has 4 unspecified atom stereocenters. The van der Waals surface area contributed by atoms with Crippen molar-refractivity contribution in [3.8, 4) is 0 Å². The van der Waals surface area contributed by atoms with Gasteiger partial charge in [-0.25, -0.2) is 4.39 Å². The summed E-state index contributed by atoms with van der Waals surface area (Å²) >= 11 is 5.96. The summed E-state index contributed by atoms with van der Waals surface area (Å²) in [5.74, 6) is -0.192. The molecule has 2 aromatic rings. The number of aromatic nitrogens is 2. The Hall–Kier alpha value is -2.61. The maximum Gasteiger partial charge on any atom is 0.242 e. The van der Waals surface area contributed by atoms with Crippen LogP contribution in [0.3, 0.4) is 0 Å². The summed E-state index contributed by atoms with van der Waals surface area (Å²) in [6.45, 7) is 7.97. The van der Waals surface area contributed by atoms with Gasteiger partial charge in [0.2, 0.25) is 5.91 Å². The van der Waals surface area contributed by atoms with Gasteiger partial charge in [-0.2, -0.15) is 5.10 Å². The molecule has 0 saturated carbocycles. The number of rotatable bonds is 7. The monoisotopic (exact) mass is 474 g/mol. The van der Waals surface area contributed by atoms with Gasteiger partial charge in [-0.3, -0.25) is 14.9 Å². The van der Waals surface area contributed by atoms with Gasteiger partial charge in [0.15, 0.2) is 5.49 Å². The Morgan fingerprint density at radius 3 is 2.91 bits per heavy atom. The van der Waals surface area contributed by atoms with Gasteiger partial charge in [-0.15, -0.1) is 0 Å². The van der Waals surface area contributed by atoms with E-state index >= 15 is 0 Å². The summed E-state index contributed by atoms with van der Waals surface area (Å²) in [5.41, 5.74) is 2.63. The number of aromatic amines is 1. The minimum absolute atomic E-state index is 0.0349. The van der Waals surface area contributed by atoms with Crippen molar-refractivity contribution in [1.82, 2.24) is 20.4 Å². The van der Waals surface area contributed by atoms with Crippen molar-refractivity contribution < 1.29 is 9.18 Å². The van der Waals surface area contributed by atoms with Crippen LogP contribution in [-0.2, 0) is 4.79 Å². The van der Waals surface area contributed by atoms with Crippen molar-refractivity contribution in [1.29, 1.82) is 0 Å². The summed E-state index contributed by atoms with van der Waals surface area (Å²) in [6.07, 6.45) is 5.35. The first kappa shape index (κ1) is 23.5. The molecule has 2 aliphatic rings. The van der Waals surface area contributed by atoms with Crippen LogP contribution in [0.15, 0.2) is 29.4 Å². The quantitative estimate of drug-likeness (QED) is 0.576. The number of hydrogen-bond donors (Lipinski definition) is 3. The molecule has 0 radical (unpaired) electrons. The molecule has 1 aromatic heterocycles. The number of halogens is 2. The van der Waals surface area contributed by atoms with Gasteiger partial charge in [-0.05, 0) is 50.8 Å². The Morgan fingerprint density at radius 1 is 1.36 bits per heavy atom. The molecule has 1 fully saturated rings. The van der Waals surface area contributed by atoms with Crippen LogP contribution in [0, 0.1) is 11.7 Å². The van der Waals surface area contributed by atoms with Crippen LogP contribution in [-0.4, -0.2) is 52.2 Å². The maximum absolute atomic E-state index is 13.7. The van der Waals surface area contributed by atoms with E-state index in [1.807, 2.05) is 13.1 Å². The predicted molar refractivity (Wildman–Crippen MR) is 128 cm³/mol. The number of fused-ring (bicyclic) bond motifs is 1. The molecule has 0 bridgehead atoms. The van der Waals surface area contributed by atoms with Gasteiger partial charge in [0.1, 0.15) is 11.9 Å². The van der Waals surface area contributed by atoms with E-state index in [4.69, 9.17) is 16.6 Å². The second-order valence-corrected chi connectivity index (χ2v) is 9.40. The van der Waals surface area contributed by atoms with Gasteiger partial charge in [0.05, 0.1) is 17.5 Å². The summed E-state index contributed by atoms with van der Waals surface area (Å²) in [5, 5.41) is 15.0. The Bertz CT molecular complexity index is 1100. The molecular formula is C24H32ClFN6O. The van der Waals surface area contributed by atoms with Crippen LogP contribution >= 0.6 is 11.6 Å². The van der Waals surface area contributed by atoms with Crippen molar-refractivity contribution in [2.75, 3.05) is 18.4 Å². The molecule has 1 saturated heterocycles. The zero-order valence-corrected chi connectivity index (χ0v) is 20.1. The van der Waals surface area contributed by atoms with Crippen molar-refractivity contribution in [2.45, 2.75) is 64.6 Å². The van der Waals surface area contributed by atoms with Gasteiger partial charge in [0.25, 0.3) is 0 Å². The lowest BCUT2D eigenvalue weighted by atomic mass is 9.89. The Kier molecular flexibility index (Phi) is 7.22. The third-order valence-electron chi connectivity index (χ3n) is 6.64. The highest BCUT2D eigenvalue weighted by Gasteiger charge is 2.32. The molecule has 3 N–H and O–H groups in total. The lowest BCUT2D eigenvalue weighted by Gasteiger charge is -2.40. The maximum atomic E-state index is 13.7. The number of hydrogen-bond acceptors (Lipinski definition) is 5. The van der Waals surface area contributed by atoms with Gasteiger partial charge in [-0.1, -0.05) is 25.4 Å². The third kappa shape index (κ3) is 5.16. The van der Waals surface area contributed by atoms with E-state index < -0.39 is 11.9 Å². The van der Waals surface area contributed by atoms with Crippen molar-refractivity contribution in [2.24, 2.45) is 10.9 Å². The zero-order valence-electron chi connectivity index (χ0n) is 19.4. The summed E-state index contributed by atoms with van der Waals surface area (Å²) < 4.78 is 13.7. The molecule has 1 amide bonds. The van der Waals surface area contributed by atoms with Crippen molar-refractivity contribution >= 4 is 28.9 Å². The molecule has 2 aliphatic heterocycles. The van der Waals surface area contributed by atoms with Crippen LogP contribution in [0.5, 0.6) is 0 Å². The van der Waals surface area contributed by atoms with E-state index in [0.29, 0.717) is 23.0 Å². The average molecular weight is 475 g/mol. The molecule has 4 rings (SSSR count). The van der Waals surface area contributed by atoms with E-state index in [0.717, 1.165) is 43.1 Å². The number of anilines is 1. The number of piperidine rings is 1. The van der Waals surface area contributed by atoms with Crippen LogP contribution < -0.4 is 21.3 Å². The lowest BCUT2D eigenvalue weighted by Crippen LogP contribution is -2.53. The summed E-state index contributed by atoms with van der Waals surface area (Å²) in [6, 6.07) is 3.97. The fraction of sp³-hybridized carbons (Fsp3) is 0.542. The van der Waals surface area contributed by atoms with Gasteiger partial charge >= 0.3 is 0 Å². The highest BCUT2D eigenvalue weighted by molar-refractivity contribution is 6.30. The molecule has 178 valence electrons. The second kappa shape index (κ2) is 10.1. The number of nitrogens with one attached hydrogen (secondary N) is 3. The normalized spacial score (nSPS) is 23.5. The number of carbonyl (C=O) groups excluding carboxylic acids is 1. The number of benzene rings is 1. The molecule has 3 heterocycles. The highest BCUT2D eigenvalue weighted by atomic mass is 35.5. The van der Waals surface area contributed by atoms with E-state index in [-0.39, 0.29) is 18.0 Å². The topological polar surface area (TPSA) is 85.4 Å². The number of nitrogens with zero attached hydrogens (tertiary/aromatic N) is 3. The van der Waals surface area contributed by atoms with E-state index in [2.05, 4.69) is 39.6 Å². The molecule has 33 heavy (non-hydrogen) atoms. The van der Waals surface area contributed by atoms with Crippen LogP contribution in [0.25, 0.3) is 5.70 Å². The first-order valence-corrected chi connectivity index (χ1v) is 12.2. The minimum atomic E-state index is -0.469. The van der Waals surface area contributed by atoms with Gasteiger partial charge < -0.3 is 15.5 Å². The number of H-pyrrole nitrogens is 1. The van der Waals surface area contributed by atoms with E-state index in [9.17, 15) is 9.18 Å². The first-order chi connectivity index (χ1) is 15.9. The van der Waals surface area contributed by atoms with Gasteiger partial charge in [0, 0.05) is 41.5 Å². The van der Waals surface area contributed by atoms with E-state index in [1.54, 1.807) is 6.07 Å². The molecule has 7 nitrogen and oxygen atoms in total. The van der Waals surface area contributed by atoms with Crippen LogP contribution in [0.4, 0.5) is 10.1 Å². The highest BCUT2D eigenvalue weighted by Crippen LogP contribution is 2.29. The number of amides is 1. The van der Waals surface area contributed by atoms with Crippen molar-refractivity contribution in [3.63, 3.8) is 0 Å². The molecule has 0 aliphatic carbocycles. The Labute approximate surface area is 198 Å². The molecule has 9 heteroatoms. The average Bonchev–Trinajstić information content (AvgIpc) is 3.23. The SMILES string of the molecule is CCC(Nc1cc(F)cc(Cl)c1)C(=O)NC1CCCN(C2=c3cn[nH]c3=NC(C)C2CC)C1. The zero-order chi connectivity index (χ0) is 23.5. The number of carbonyl (C=O) groups is 1. The number of likely N-dealkylation sites (tertiary alicyclic amines) is 1. The molecule has 4 atom stereocenters.